The van der Waals surface area contributed by atoms with E-state index in [4.69, 9.17) is 14.2 Å². The van der Waals surface area contributed by atoms with Crippen LogP contribution < -0.4 is 24.3 Å². The lowest BCUT2D eigenvalue weighted by Gasteiger charge is -2.10. The maximum absolute atomic E-state index is 12.9. The molecule has 0 N–H and O–H groups in total. The second-order valence-corrected chi connectivity index (χ2v) is 8.29. The smallest absolute Gasteiger partial charge is 0.291 e. The molecule has 0 unspecified atom stereocenters. The Morgan fingerprint density at radius 3 is 2.64 bits per heavy atom. The van der Waals surface area contributed by atoms with Gasteiger partial charge in [-0.15, -0.1) is 5.10 Å². The van der Waals surface area contributed by atoms with Crippen molar-refractivity contribution < 1.29 is 14.2 Å². The highest BCUT2D eigenvalue weighted by molar-refractivity contribution is 7.15. The molecule has 2 heterocycles. The zero-order valence-corrected chi connectivity index (χ0v) is 19.4. The fourth-order valence-corrected chi connectivity index (χ4v) is 4.09. The number of hydrogen-bond donors (Lipinski definition) is 0. The largest absolute Gasteiger partial charge is 0.493 e. The van der Waals surface area contributed by atoms with Crippen molar-refractivity contribution in [3.8, 4) is 28.6 Å². The van der Waals surface area contributed by atoms with Gasteiger partial charge in [0.25, 0.3) is 5.56 Å². The third-order valence-electron chi connectivity index (χ3n) is 4.90. The van der Waals surface area contributed by atoms with Crippen LogP contribution in [0.3, 0.4) is 0 Å². The van der Waals surface area contributed by atoms with Crippen molar-refractivity contribution >= 4 is 22.4 Å². The van der Waals surface area contributed by atoms with Gasteiger partial charge in [-0.1, -0.05) is 43.4 Å². The van der Waals surface area contributed by atoms with Gasteiger partial charge in [-0.05, 0) is 54.5 Å². The molecule has 0 spiro atoms. The molecule has 33 heavy (non-hydrogen) atoms. The predicted octanol–water partition coefficient (Wildman–Crippen LogP) is 4.12. The number of benzene rings is 2. The summed E-state index contributed by atoms with van der Waals surface area (Å²) in [7, 11) is 1.60. The molecule has 0 atom stereocenters. The zero-order chi connectivity index (χ0) is 23.2. The standard InChI is InChI=1S/C25H25N3O4S/c1-4-6-14-32-20-12-7-17(15-21(20)30-3)16-22-24(29)28-25(33-22)26-23(27-28)18-8-10-19(11-9-18)31-13-5-2/h5,7-12,15-16H,2,4,6,13-14H2,1,3H3/b22-16+. The summed E-state index contributed by atoms with van der Waals surface area (Å²) >= 11 is 1.30. The number of fused-ring (bicyclic) bond motifs is 1. The average Bonchev–Trinajstić information content (AvgIpc) is 3.38. The lowest BCUT2D eigenvalue weighted by atomic mass is 10.2. The summed E-state index contributed by atoms with van der Waals surface area (Å²) in [4.78, 5) is 18.0. The van der Waals surface area contributed by atoms with Crippen LogP contribution in [-0.4, -0.2) is 34.9 Å². The predicted molar refractivity (Wildman–Crippen MR) is 130 cm³/mol. The summed E-state index contributed by atoms with van der Waals surface area (Å²) in [6, 6.07) is 13.0. The van der Waals surface area contributed by atoms with Crippen molar-refractivity contribution in [2.24, 2.45) is 0 Å². The number of hydrogen-bond acceptors (Lipinski definition) is 7. The average molecular weight is 464 g/mol. The minimum atomic E-state index is -0.207. The zero-order valence-electron chi connectivity index (χ0n) is 18.6. The van der Waals surface area contributed by atoms with Gasteiger partial charge < -0.3 is 14.2 Å². The highest BCUT2D eigenvalue weighted by Crippen LogP contribution is 2.28. The molecule has 2 aromatic heterocycles. The molecule has 0 saturated heterocycles. The minimum absolute atomic E-state index is 0.207. The van der Waals surface area contributed by atoms with Crippen LogP contribution in [0.15, 0.2) is 59.9 Å². The summed E-state index contributed by atoms with van der Waals surface area (Å²) in [5.41, 5.74) is 1.44. The number of aromatic nitrogens is 3. The second kappa shape index (κ2) is 10.3. The van der Waals surface area contributed by atoms with Gasteiger partial charge in [0.05, 0.1) is 18.2 Å². The second-order valence-electron chi connectivity index (χ2n) is 7.28. The molecule has 4 aromatic rings. The number of methoxy groups -OCH3 is 1. The van der Waals surface area contributed by atoms with E-state index in [-0.39, 0.29) is 5.56 Å². The molecule has 0 bridgehead atoms. The van der Waals surface area contributed by atoms with Gasteiger partial charge in [0, 0.05) is 5.56 Å². The van der Waals surface area contributed by atoms with Gasteiger partial charge >= 0.3 is 0 Å². The number of ether oxygens (including phenoxy) is 3. The maximum atomic E-state index is 12.9. The van der Waals surface area contributed by atoms with Crippen LogP contribution in [0.5, 0.6) is 17.2 Å². The van der Waals surface area contributed by atoms with E-state index in [1.165, 1.54) is 15.9 Å². The molecule has 4 rings (SSSR count). The molecule has 0 saturated carbocycles. The van der Waals surface area contributed by atoms with E-state index >= 15 is 0 Å². The molecule has 0 amide bonds. The van der Waals surface area contributed by atoms with Gasteiger partial charge in [-0.3, -0.25) is 4.79 Å². The fraction of sp³-hybridized carbons (Fsp3) is 0.240. The van der Waals surface area contributed by atoms with Crippen molar-refractivity contribution in [3.05, 3.63) is 75.6 Å². The van der Waals surface area contributed by atoms with Crippen molar-refractivity contribution in [1.29, 1.82) is 0 Å². The molecule has 170 valence electrons. The van der Waals surface area contributed by atoms with Gasteiger partial charge in [-0.2, -0.15) is 9.50 Å². The first-order valence-electron chi connectivity index (χ1n) is 10.7. The number of rotatable bonds is 10. The molecule has 7 nitrogen and oxygen atoms in total. The first-order chi connectivity index (χ1) is 16.1. The van der Waals surface area contributed by atoms with Crippen LogP contribution in [0.1, 0.15) is 25.3 Å². The molecule has 8 heteroatoms. The van der Waals surface area contributed by atoms with E-state index < -0.39 is 0 Å². The Balaban J connectivity index is 1.59. The third-order valence-corrected chi connectivity index (χ3v) is 5.86. The maximum Gasteiger partial charge on any atom is 0.291 e. The van der Waals surface area contributed by atoms with E-state index in [0.717, 1.165) is 29.7 Å². The van der Waals surface area contributed by atoms with E-state index in [9.17, 15) is 4.79 Å². The van der Waals surface area contributed by atoms with Gasteiger partial charge in [-0.25, -0.2) is 0 Å². The van der Waals surface area contributed by atoms with Crippen LogP contribution in [-0.2, 0) is 0 Å². The molecule has 0 radical (unpaired) electrons. The lowest BCUT2D eigenvalue weighted by molar-refractivity contribution is 0.288. The van der Waals surface area contributed by atoms with Gasteiger partial charge in [0.2, 0.25) is 4.96 Å². The summed E-state index contributed by atoms with van der Waals surface area (Å²) in [6.07, 6.45) is 5.54. The van der Waals surface area contributed by atoms with Crippen LogP contribution in [0.25, 0.3) is 22.4 Å². The summed E-state index contributed by atoms with van der Waals surface area (Å²) in [5, 5.41) is 4.41. The number of thiazole rings is 1. The SMILES string of the molecule is C=CCOc1ccc(-c2nc3s/c(=C/c4ccc(OCCCC)c(OC)c4)c(=O)n3n2)cc1. The van der Waals surface area contributed by atoms with E-state index in [1.807, 2.05) is 48.5 Å². The Morgan fingerprint density at radius 2 is 1.94 bits per heavy atom. The highest BCUT2D eigenvalue weighted by Gasteiger charge is 2.13. The van der Waals surface area contributed by atoms with E-state index in [0.29, 0.717) is 40.0 Å². The van der Waals surface area contributed by atoms with Crippen molar-refractivity contribution in [1.82, 2.24) is 14.6 Å². The van der Waals surface area contributed by atoms with Gasteiger partial charge in [0.1, 0.15) is 12.4 Å². The first-order valence-corrected chi connectivity index (χ1v) is 11.5. The Kier molecular flexibility index (Phi) is 7.04. The molecule has 0 fully saturated rings. The molecule has 0 aliphatic carbocycles. The topological polar surface area (TPSA) is 75.0 Å². The highest BCUT2D eigenvalue weighted by atomic mass is 32.1. The van der Waals surface area contributed by atoms with Crippen LogP contribution in [0.4, 0.5) is 0 Å². The quantitative estimate of drug-likeness (QED) is 0.260. The van der Waals surface area contributed by atoms with Crippen molar-refractivity contribution in [3.63, 3.8) is 0 Å². The minimum Gasteiger partial charge on any atom is -0.493 e. The molecular formula is C25H25N3O4S. The monoisotopic (exact) mass is 463 g/mol. The lowest BCUT2D eigenvalue weighted by Crippen LogP contribution is -2.23. The first kappa shape index (κ1) is 22.5. The van der Waals surface area contributed by atoms with Crippen LogP contribution >= 0.6 is 11.3 Å². The van der Waals surface area contributed by atoms with E-state index in [1.54, 1.807) is 13.2 Å². The normalized spacial score (nSPS) is 11.6. The third kappa shape index (κ3) is 5.06. The summed E-state index contributed by atoms with van der Waals surface area (Å²) in [5.74, 6) is 2.56. The van der Waals surface area contributed by atoms with Crippen LogP contribution in [0.2, 0.25) is 0 Å². The number of nitrogens with zero attached hydrogens (tertiary/aromatic N) is 3. The number of unbranched alkanes of at least 4 members (excludes halogenated alkanes) is 1. The van der Waals surface area contributed by atoms with Crippen molar-refractivity contribution in [2.75, 3.05) is 20.3 Å². The van der Waals surface area contributed by atoms with Crippen LogP contribution in [0, 0.1) is 0 Å². The van der Waals surface area contributed by atoms with Crippen molar-refractivity contribution in [2.45, 2.75) is 19.8 Å². The Labute approximate surface area is 195 Å². The summed E-state index contributed by atoms with van der Waals surface area (Å²) < 4.78 is 18.6. The van der Waals surface area contributed by atoms with Gasteiger partial charge in [0.15, 0.2) is 17.3 Å². The fourth-order valence-electron chi connectivity index (χ4n) is 3.18. The Hall–Kier alpha value is -3.65. The molecule has 0 aliphatic rings. The Morgan fingerprint density at radius 1 is 1.12 bits per heavy atom. The Bertz CT molecular complexity index is 1360. The van der Waals surface area contributed by atoms with E-state index in [2.05, 4.69) is 23.6 Å². The molecule has 2 aromatic carbocycles. The molecule has 0 aliphatic heterocycles. The molecular weight excluding hydrogens is 438 g/mol. The summed E-state index contributed by atoms with van der Waals surface area (Å²) in [6.45, 7) is 6.83.